The van der Waals surface area contributed by atoms with Gasteiger partial charge >= 0.3 is 5.69 Å². The van der Waals surface area contributed by atoms with Gasteiger partial charge in [0.2, 0.25) is 0 Å². The minimum atomic E-state index is -0.232. The number of aromatic amines is 1. The highest BCUT2D eigenvalue weighted by Gasteiger charge is 2.26. The van der Waals surface area contributed by atoms with Crippen molar-refractivity contribution in [3.05, 3.63) is 79.9 Å². The van der Waals surface area contributed by atoms with Gasteiger partial charge < -0.3 is 4.90 Å². The van der Waals surface area contributed by atoms with Crippen LogP contribution in [-0.4, -0.2) is 38.7 Å². The second kappa shape index (κ2) is 8.66. The molecule has 1 N–H and O–H groups in total. The average molecular weight is 445 g/mol. The fraction of sp³-hybridized carbons (Fsp3) is 0.318. The Labute approximate surface area is 184 Å². The molecule has 156 valence electrons. The summed E-state index contributed by atoms with van der Waals surface area (Å²) in [5.74, 6) is 0.985. The van der Waals surface area contributed by atoms with Gasteiger partial charge in [0.1, 0.15) is 5.82 Å². The quantitative estimate of drug-likeness (QED) is 0.652. The lowest BCUT2D eigenvalue weighted by molar-refractivity contribution is 0.0690. The molecule has 2 heterocycles. The molecule has 1 aliphatic rings. The molecule has 0 saturated carbocycles. The van der Waals surface area contributed by atoms with Crippen molar-refractivity contribution in [3.63, 3.8) is 0 Å². The molecule has 1 amide bonds. The van der Waals surface area contributed by atoms with Crippen LogP contribution in [0.3, 0.4) is 0 Å². The predicted octanol–water partition coefficient (Wildman–Crippen LogP) is 4.27. The second-order valence-corrected chi connectivity index (χ2v) is 8.47. The zero-order valence-electron chi connectivity index (χ0n) is 16.6. The maximum atomic E-state index is 12.8. The van der Waals surface area contributed by atoms with Crippen LogP contribution in [0.1, 0.15) is 34.6 Å². The molecule has 0 spiro atoms. The van der Waals surface area contributed by atoms with Crippen LogP contribution < -0.4 is 5.69 Å². The van der Waals surface area contributed by atoms with E-state index in [-0.39, 0.29) is 11.6 Å². The van der Waals surface area contributed by atoms with Crippen molar-refractivity contribution in [3.8, 4) is 5.69 Å². The minimum Gasteiger partial charge on any atom is -0.339 e. The van der Waals surface area contributed by atoms with E-state index in [1.54, 1.807) is 22.8 Å². The van der Waals surface area contributed by atoms with E-state index in [0.29, 0.717) is 41.0 Å². The summed E-state index contributed by atoms with van der Waals surface area (Å²) in [6.45, 7) is 3.26. The van der Waals surface area contributed by atoms with Crippen molar-refractivity contribution in [2.45, 2.75) is 26.2 Å². The molecule has 2 aromatic carbocycles. The lowest BCUT2D eigenvalue weighted by atomic mass is 9.92. The third-order valence-electron chi connectivity index (χ3n) is 5.63. The number of H-pyrrole nitrogens is 1. The lowest BCUT2D eigenvalue weighted by Gasteiger charge is -2.32. The Morgan fingerprint density at radius 2 is 1.90 bits per heavy atom. The molecule has 4 rings (SSSR count). The van der Waals surface area contributed by atoms with Gasteiger partial charge in [0.05, 0.1) is 16.3 Å². The van der Waals surface area contributed by atoms with E-state index in [1.165, 1.54) is 0 Å². The van der Waals surface area contributed by atoms with Gasteiger partial charge in [-0.05, 0) is 55.5 Å². The molecular weight excluding hydrogens is 423 g/mol. The fourth-order valence-corrected chi connectivity index (χ4v) is 4.45. The van der Waals surface area contributed by atoms with E-state index < -0.39 is 0 Å². The molecule has 6 nitrogen and oxygen atoms in total. The van der Waals surface area contributed by atoms with Crippen molar-refractivity contribution < 1.29 is 4.79 Å². The summed E-state index contributed by atoms with van der Waals surface area (Å²) in [7, 11) is 0. The van der Waals surface area contributed by atoms with Crippen molar-refractivity contribution >= 4 is 29.1 Å². The number of nitrogens with one attached hydrogen (secondary N) is 1. The summed E-state index contributed by atoms with van der Waals surface area (Å²) in [5.41, 5.74) is 2.10. The Morgan fingerprint density at radius 1 is 1.17 bits per heavy atom. The molecule has 1 saturated heterocycles. The molecule has 1 aromatic heterocycles. The highest BCUT2D eigenvalue weighted by atomic mass is 35.5. The summed E-state index contributed by atoms with van der Waals surface area (Å²) in [6, 6.07) is 12.7. The van der Waals surface area contributed by atoms with Gasteiger partial charge in [-0.1, -0.05) is 41.4 Å². The SMILES string of the molecule is Cc1ccccc1-n1c(CC2CCN(C(=O)c3ccc(Cl)cc3Cl)CC2)n[nH]c1=O. The van der Waals surface area contributed by atoms with E-state index >= 15 is 0 Å². The maximum Gasteiger partial charge on any atom is 0.347 e. The third-order valence-corrected chi connectivity index (χ3v) is 6.18. The van der Waals surface area contributed by atoms with Crippen molar-refractivity contribution in [2.75, 3.05) is 13.1 Å². The number of benzene rings is 2. The van der Waals surface area contributed by atoms with Gasteiger partial charge in [-0.2, -0.15) is 5.10 Å². The van der Waals surface area contributed by atoms with Gasteiger partial charge in [0.25, 0.3) is 5.91 Å². The van der Waals surface area contributed by atoms with E-state index in [4.69, 9.17) is 23.2 Å². The number of carbonyl (C=O) groups is 1. The summed E-state index contributed by atoms with van der Waals surface area (Å²) in [5, 5.41) is 7.72. The highest BCUT2D eigenvalue weighted by molar-refractivity contribution is 6.36. The molecule has 8 heteroatoms. The van der Waals surface area contributed by atoms with E-state index in [9.17, 15) is 9.59 Å². The number of carbonyl (C=O) groups excluding carboxylic acids is 1. The van der Waals surface area contributed by atoms with Gasteiger partial charge in [-0.3, -0.25) is 4.79 Å². The number of aromatic nitrogens is 3. The number of hydrogen-bond donors (Lipinski definition) is 1. The zero-order chi connectivity index (χ0) is 21.3. The standard InChI is InChI=1S/C22H22Cl2N4O2/c1-14-4-2-3-5-19(14)28-20(25-26-22(28)30)12-15-8-10-27(11-9-15)21(29)17-7-6-16(23)13-18(17)24/h2-7,13,15H,8-12H2,1H3,(H,26,30). The van der Waals surface area contributed by atoms with Gasteiger partial charge in [0.15, 0.2) is 0 Å². The molecular formula is C22H22Cl2N4O2. The van der Waals surface area contributed by atoms with Crippen LogP contribution in [0.4, 0.5) is 0 Å². The predicted molar refractivity (Wildman–Crippen MR) is 118 cm³/mol. The first kappa shape index (κ1) is 20.7. The second-order valence-electron chi connectivity index (χ2n) is 7.63. The van der Waals surface area contributed by atoms with Gasteiger partial charge in [-0.25, -0.2) is 14.5 Å². The van der Waals surface area contributed by atoms with E-state index in [0.717, 1.165) is 29.9 Å². The van der Waals surface area contributed by atoms with Gasteiger partial charge in [0, 0.05) is 24.5 Å². The number of aryl methyl sites for hydroxylation is 1. The Bertz CT molecular complexity index is 1130. The van der Waals surface area contributed by atoms with E-state index in [1.807, 2.05) is 36.1 Å². The number of amides is 1. The summed E-state index contributed by atoms with van der Waals surface area (Å²) >= 11 is 12.1. The highest BCUT2D eigenvalue weighted by Crippen LogP contribution is 2.26. The van der Waals surface area contributed by atoms with Crippen LogP contribution in [0.5, 0.6) is 0 Å². The van der Waals surface area contributed by atoms with Crippen LogP contribution >= 0.6 is 23.2 Å². The zero-order valence-corrected chi connectivity index (χ0v) is 18.1. The van der Waals surface area contributed by atoms with Crippen molar-refractivity contribution in [1.29, 1.82) is 0 Å². The lowest BCUT2D eigenvalue weighted by Crippen LogP contribution is -2.39. The smallest absolute Gasteiger partial charge is 0.339 e. The number of halogens is 2. The largest absolute Gasteiger partial charge is 0.347 e. The molecule has 0 atom stereocenters. The fourth-order valence-electron chi connectivity index (χ4n) is 3.96. The van der Waals surface area contributed by atoms with Gasteiger partial charge in [-0.15, -0.1) is 0 Å². The van der Waals surface area contributed by atoms with E-state index in [2.05, 4.69) is 10.2 Å². The normalized spacial score (nSPS) is 14.8. The molecule has 0 radical (unpaired) electrons. The Balaban J connectivity index is 1.44. The molecule has 30 heavy (non-hydrogen) atoms. The number of rotatable bonds is 4. The number of nitrogens with zero attached hydrogens (tertiary/aromatic N) is 3. The number of likely N-dealkylation sites (tertiary alicyclic amines) is 1. The Morgan fingerprint density at radius 3 is 2.60 bits per heavy atom. The minimum absolute atomic E-state index is 0.0771. The van der Waals surface area contributed by atoms with Crippen LogP contribution in [0, 0.1) is 12.8 Å². The molecule has 1 aliphatic heterocycles. The number of hydrogen-bond acceptors (Lipinski definition) is 3. The van der Waals surface area contributed by atoms with Crippen molar-refractivity contribution in [2.24, 2.45) is 5.92 Å². The monoisotopic (exact) mass is 444 g/mol. The Kier molecular flexibility index (Phi) is 5.97. The summed E-state index contributed by atoms with van der Waals surface area (Å²) in [4.78, 5) is 27.0. The maximum absolute atomic E-state index is 12.8. The molecule has 3 aromatic rings. The number of para-hydroxylation sites is 1. The molecule has 1 fully saturated rings. The Hall–Kier alpha value is -2.57. The molecule has 0 aliphatic carbocycles. The van der Waals surface area contributed by atoms with Crippen LogP contribution in [0.25, 0.3) is 5.69 Å². The first-order valence-electron chi connectivity index (χ1n) is 9.90. The molecule has 0 bridgehead atoms. The van der Waals surface area contributed by atoms with Crippen LogP contribution in [-0.2, 0) is 6.42 Å². The van der Waals surface area contributed by atoms with Crippen LogP contribution in [0.15, 0.2) is 47.3 Å². The molecule has 0 unspecified atom stereocenters. The summed E-state index contributed by atoms with van der Waals surface area (Å²) in [6.07, 6.45) is 2.36. The number of piperidine rings is 1. The average Bonchev–Trinajstić information content (AvgIpc) is 3.08. The summed E-state index contributed by atoms with van der Waals surface area (Å²) < 4.78 is 1.65. The first-order valence-corrected chi connectivity index (χ1v) is 10.7. The van der Waals surface area contributed by atoms with Crippen molar-refractivity contribution in [1.82, 2.24) is 19.7 Å². The first-order chi connectivity index (χ1) is 14.4. The van der Waals surface area contributed by atoms with Crippen LogP contribution in [0.2, 0.25) is 10.0 Å². The topological polar surface area (TPSA) is 71.0 Å². The third kappa shape index (κ3) is 4.16.